The lowest BCUT2D eigenvalue weighted by atomic mass is 9.85. The van der Waals surface area contributed by atoms with Crippen LogP contribution in [0.4, 0.5) is 4.39 Å². The van der Waals surface area contributed by atoms with Crippen molar-refractivity contribution in [3.63, 3.8) is 0 Å². The van der Waals surface area contributed by atoms with Crippen molar-refractivity contribution in [3.05, 3.63) is 35.1 Å². The van der Waals surface area contributed by atoms with Gasteiger partial charge < -0.3 is 4.90 Å². The third-order valence-electron chi connectivity index (χ3n) is 4.83. The van der Waals surface area contributed by atoms with E-state index in [4.69, 9.17) is 0 Å². The first-order valence-electron chi connectivity index (χ1n) is 7.86. The highest BCUT2D eigenvalue weighted by Gasteiger charge is 2.30. The zero-order valence-corrected chi connectivity index (χ0v) is 12.8. The molecule has 2 heterocycles. The zero-order valence-electron chi connectivity index (χ0n) is 12.8. The second-order valence-corrected chi connectivity index (χ2v) is 6.36. The summed E-state index contributed by atoms with van der Waals surface area (Å²) >= 11 is 0. The topological polar surface area (TPSA) is 49.4 Å². The SMILES string of the molecule is CN1CCC(c2ccc(C3CCC(=O)NC3=O)c(F)c2)CC1. The van der Waals surface area contributed by atoms with Crippen LogP contribution in [0.3, 0.4) is 0 Å². The molecule has 1 aromatic rings. The Labute approximate surface area is 129 Å². The van der Waals surface area contributed by atoms with Gasteiger partial charge in [0.1, 0.15) is 5.82 Å². The summed E-state index contributed by atoms with van der Waals surface area (Å²) in [6.07, 6.45) is 2.73. The minimum absolute atomic E-state index is 0.270. The van der Waals surface area contributed by atoms with E-state index in [1.165, 1.54) is 0 Å². The van der Waals surface area contributed by atoms with Gasteiger partial charge in [0.25, 0.3) is 0 Å². The molecular formula is C17H21FN2O2. The van der Waals surface area contributed by atoms with Gasteiger partial charge in [0.15, 0.2) is 0 Å². The number of carbonyl (C=O) groups excluding carboxylic acids is 2. The van der Waals surface area contributed by atoms with Crippen LogP contribution in [0.2, 0.25) is 0 Å². The molecule has 0 aromatic heterocycles. The van der Waals surface area contributed by atoms with Gasteiger partial charge in [-0.25, -0.2) is 4.39 Å². The van der Waals surface area contributed by atoms with Gasteiger partial charge in [0, 0.05) is 12.0 Å². The van der Waals surface area contributed by atoms with Crippen LogP contribution in [0.15, 0.2) is 18.2 Å². The van der Waals surface area contributed by atoms with E-state index in [0.717, 1.165) is 31.5 Å². The van der Waals surface area contributed by atoms with Crippen molar-refractivity contribution in [2.75, 3.05) is 20.1 Å². The third kappa shape index (κ3) is 3.04. The van der Waals surface area contributed by atoms with Crippen molar-refractivity contribution in [1.82, 2.24) is 10.2 Å². The number of carbonyl (C=O) groups is 2. The van der Waals surface area contributed by atoms with E-state index >= 15 is 0 Å². The zero-order chi connectivity index (χ0) is 15.7. The number of hydrogen-bond donors (Lipinski definition) is 1. The molecule has 2 amide bonds. The van der Waals surface area contributed by atoms with E-state index in [9.17, 15) is 14.0 Å². The molecule has 1 N–H and O–H groups in total. The van der Waals surface area contributed by atoms with Crippen molar-refractivity contribution in [2.45, 2.75) is 37.5 Å². The Morgan fingerprint density at radius 1 is 1.18 bits per heavy atom. The summed E-state index contributed by atoms with van der Waals surface area (Å²) in [5, 5.41) is 2.29. The second-order valence-electron chi connectivity index (χ2n) is 6.36. The molecule has 4 nitrogen and oxygen atoms in total. The lowest BCUT2D eigenvalue weighted by Crippen LogP contribution is -2.39. The maximum Gasteiger partial charge on any atom is 0.234 e. The molecule has 2 aliphatic heterocycles. The van der Waals surface area contributed by atoms with Crippen LogP contribution in [-0.4, -0.2) is 36.9 Å². The number of halogens is 1. The fourth-order valence-electron chi connectivity index (χ4n) is 3.41. The number of hydrogen-bond acceptors (Lipinski definition) is 3. The van der Waals surface area contributed by atoms with Gasteiger partial charge >= 0.3 is 0 Å². The summed E-state index contributed by atoms with van der Waals surface area (Å²) in [6.45, 7) is 2.06. The highest BCUT2D eigenvalue weighted by molar-refractivity contribution is 6.00. The van der Waals surface area contributed by atoms with Crippen molar-refractivity contribution in [1.29, 1.82) is 0 Å². The van der Waals surface area contributed by atoms with Crippen molar-refractivity contribution < 1.29 is 14.0 Å². The monoisotopic (exact) mass is 304 g/mol. The molecule has 2 aliphatic rings. The molecule has 1 atom stereocenters. The quantitative estimate of drug-likeness (QED) is 0.852. The van der Waals surface area contributed by atoms with Gasteiger partial charge in [0.05, 0.1) is 5.92 Å². The van der Waals surface area contributed by atoms with Crippen LogP contribution in [0, 0.1) is 5.82 Å². The van der Waals surface area contributed by atoms with E-state index in [1.807, 2.05) is 6.07 Å². The molecule has 1 aromatic carbocycles. The Hall–Kier alpha value is -1.75. The van der Waals surface area contributed by atoms with Crippen LogP contribution in [-0.2, 0) is 9.59 Å². The van der Waals surface area contributed by atoms with Crippen molar-refractivity contribution in [3.8, 4) is 0 Å². The molecule has 0 radical (unpaired) electrons. The summed E-state index contributed by atoms with van der Waals surface area (Å²) < 4.78 is 14.5. The second kappa shape index (κ2) is 6.16. The van der Waals surface area contributed by atoms with Crippen molar-refractivity contribution in [2.24, 2.45) is 0 Å². The minimum Gasteiger partial charge on any atom is -0.306 e. The molecule has 3 rings (SSSR count). The Bertz CT molecular complexity index is 594. The molecule has 1 unspecified atom stereocenters. The molecule has 0 spiro atoms. The largest absolute Gasteiger partial charge is 0.306 e. The lowest BCUT2D eigenvalue weighted by molar-refractivity contribution is -0.134. The highest BCUT2D eigenvalue weighted by atomic mass is 19.1. The Morgan fingerprint density at radius 3 is 2.55 bits per heavy atom. The summed E-state index contributed by atoms with van der Waals surface area (Å²) in [5.41, 5.74) is 1.42. The predicted octanol–water partition coefficient (Wildman–Crippen LogP) is 2.16. The van der Waals surface area contributed by atoms with Gasteiger partial charge in [-0.05, 0) is 56.9 Å². The van der Waals surface area contributed by atoms with Gasteiger partial charge in [0.2, 0.25) is 11.8 Å². The first-order chi connectivity index (χ1) is 10.5. The summed E-state index contributed by atoms with van der Waals surface area (Å²) in [4.78, 5) is 25.4. The Kier molecular flexibility index (Phi) is 4.25. The van der Waals surface area contributed by atoms with Crippen molar-refractivity contribution >= 4 is 11.8 Å². The van der Waals surface area contributed by atoms with E-state index in [0.29, 0.717) is 17.9 Å². The summed E-state index contributed by atoms with van der Waals surface area (Å²) in [5.74, 6) is -1.15. The number of amides is 2. The summed E-state index contributed by atoms with van der Waals surface area (Å²) in [7, 11) is 2.10. The maximum atomic E-state index is 14.5. The van der Waals surface area contributed by atoms with Gasteiger partial charge in [-0.3, -0.25) is 14.9 Å². The predicted molar refractivity (Wildman–Crippen MR) is 81.0 cm³/mol. The lowest BCUT2D eigenvalue weighted by Gasteiger charge is -2.29. The number of nitrogens with zero attached hydrogens (tertiary/aromatic N) is 1. The van der Waals surface area contributed by atoms with E-state index in [1.54, 1.807) is 12.1 Å². The minimum atomic E-state index is -0.552. The first kappa shape index (κ1) is 15.2. The van der Waals surface area contributed by atoms with Crippen LogP contribution >= 0.6 is 0 Å². The molecular weight excluding hydrogens is 283 g/mol. The van der Waals surface area contributed by atoms with Gasteiger partial charge in [-0.15, -0.1) is 0 Å². The maximum absolute atomic E-state index is 14.5. The number of benzene rings is 1. The molecule has 2 fully saturated rings. The van der Waals surface area contributed by atoms with Gasteiger partial charge in [-0.2, -0.15) is 0 Å². The molecule has 0 aliphatic carbocycles. The average molecular weight is 304 g/mol. The van der Waals surface area contributed by atoms with Crippen LogP contribution in [0.1, 0.15) is 48.6 Å². The molecule has 22 heavy (non-hydrogen) atoms. The smallest absolute Gasteiger partial charge is 0.234 e. The normalized spacial score (nSPS) is 24.4. The fourth-order valence-corrected chi connectivity index (χ4v) is 3.41. The Balaban J connectivity index is 1.77. The third-order valence-corrected chi connectivity index (χ3v) is 4.83. The van der Waals surface area contributed by atoms with E-state index in [2.05, 4.69) is 17.3 Å². The number of rotatable bonds is 2. The van der Waals surface area contributed by atoms with Crippen LogP contribution in [0.25, 0.3) is 0 Å². The van der Waals surface area contributed by atoms with E-state index in [-0.39, 0.29) is 24.1 Å². The molecule has 118 valence electrons. The summed E-state index contributed by atoms with van der Waals surface area (Å²) in [6, 6.07) is 5.25. The van der Waals surface area contributed by atoms with Gasteiger partial charge in [-0.1, -0.05) is 12.1 Å². The highest BCUT2D eigenvalue weighted by Crippen LogP contribution is 2.32. The van der Waals surface area contributed by atoms with Crippen LogP contribution < -0.4 is 5.32 Å². The molecule has 5 heteroatoms. The standard InChI is InChI=1S/C17H21FN2O2/c1-20-8-6-11(7-9-20)12-2-3-13(15(18)10-12)14-4-5-16(21)19-17(14)22/h2-3,10-11,14H,4-9H2,1H3,(H,19,21,22). The fraction of sp³-hybridized carbons (Fsp3) is 0.529. The number of nitrogens with one attached hydrogen (secondary N) is 1. The van der Waals surface area contributed by atoms with E-state index < -0.39 is 5.92 Å². The molecule has 2 saturated heterocycles. The molecule has 0 saturated carbocycles. The Morgan fingerprint density at radius 2 is 1.91 bits per heavy atom. The van der Waals surface area contributed by atoms with Crippen LogP contribution in [0.5, 0.6) is 0 Å². The number of piperidine rings is 2. The first-order valence-corrected chi connectivity index (χ1v) is 7.86. The number of likely N-dealkylation sites (tertiary alicyclic amines) is 1. The molecule has 0 bridgehead atoms. The average Bonchev–Trinajstić information content (AvgIpc) is 2.49. The number of imide groups is 1.